The molecule has 86 valence electrons. The minimum absolute atomic E-state index is 0.250. The van der Waals surface area contributed by atoms with E-state index in [-0.39, 0.29) is 5.82 Å². The second-order valence-corrected chi connectivity index (χ2v) is 4.17. The van der Waals surface area contributed by atoms with Gasteiger partial charge in [0, 0.05) is 5.56 Å². The van der Waals surface area contributed by atoms with Gasteiger partial charge < -0.3 is 0 Å². The number of carbonyl (C=O) groups excluding carboxylic acids is 1. The Hall–Kier alpha value is -1.96. The van der Waals surface area contributed by atoms with Gasteiger partial charge in [0.05, 0.1) is 0 Å². The molecule has 0 atom stereocenters. The molecule has 0 aliphatic carbocycles. The van der Waals surface area contributed by atoms with Gasteiger partial charge in [-0.3, -0.25) is 4.79 Å². The third-order valence-electron chi connectivity index (χ3n) is 2.82. The lowest BCUT2D eigenvalue weighted by Gasteiger charge is -2.07. The van der Waals surface area contributed by atoms with E-state index in [1.165, 1.54) is 6.07 Å². The molecule has 0 fully saturated rings. The molecule has 0 unspecified atom stereocenters. The van der Waals surface area contributed by atoms with Gasteiger partial charge in [-0.1, -0.05) is 29.8 Å². The fraction of sp³-hybridized carbons (Fsp3) is 0.133. The van der Waals surface area contributed by atoms with Crippen LogP contribution in [-0.4, -0.2) is 6.29 Å². The van der Waals surface area contributed by atoms with Crippen LogP contribution in [0.4, 0.5) is 4.39 Å². The first kappa shape index (κ1) is 11.5. The fourth-order valence-electron chi connectivity index (χ4n) is 1.80. The maximum atomic E-state index is 13.5. The zero-order valence-corrected chi connectivity index (χ0v) is 9.83. The predicted octanol–water partition coefficient (Wildman–Crippen LogP) is 3.92. The topological polar surface area (TPSA) is 17.1 Å². The average molecular weight is 228 g/mol. The summed E-state index contributed by atoms with van der Waals surface area (Å²) in [6.07, 6.45) is 0.806. The van der Waals surface area contributed by atoms with E-state index in [4.69, 9.17) is 0 Å². The normalized spacial score (nSPS) is 10.3. The van der Waals surface area contributed by atoms with Gasteiger partial charge >= 0.3 is 0 Å². The minimum Gasteiger partial charge on any atom is -0.298 e. The summed E-state index contributed by atoms with van der Waals surface area (Å²) < 4.78 is 13.5. The monoisotopic (exact) mass is 228 g/mol. The first-order valence-electron chi connectivity index (χ1n) is 5.44. The molecule has 2 heteroatoms. The van der Waals surface area contributed by atoms with Crippen LogP contribution in [0, 0.1) is 19.7 Å². The van der Waals surface area contributed by atoms with Gasteiger partial charge in [-0.05, 0) is 42.7 Å². The van der Waals surface area contributed by atoms with Crippen molar-refractivity contribution >= 4 is 6.29 Å². The Balaban J connectivity index is 2.59. The van der Waals surface area contributed by atoms with Crippen molar-refractivity contribution in [3.8, 4) is 11.1 Å². The molecule has 0 aromatic heterocycles. The molecule has 0 N–H and O–H groups in total. The lowest BCUT2D eigenvalue weighted by Crippen LogP contribution is -1.90. The van der Waals surface area contributed by atoms with Crippen LogP contribution in [0.15, 0.2) is 36.4 Å². The Morgan fingerprint density at radius 1 is 1.06 bits per heavy atom. The van der Waals surface area contributed by atoms with Gasteiger partial charge in [0.2, 0.25) is 0 Å². The number of carbonyl (C=O) groups is 1. The van der Waals surface area contributed by atoms with Crippen molar-refractivity contribution in [2.24, 2.45) is 0 Å². The number of benzene rings is 2. The molecular weight excluding hydrogens is 215 g/mol. The molecule has 0 saturated heterocycles. The second-order valence-electron chi connectivity index (χ2n) is 4.17. The van der Waals surface area contributed by atoms with Gasteiger partial charge in [-0.15, -0.1) is 0 Å². The van der Waals surface area contributed by atoms with E-state index in [2.05, 4.69) is 0 Å². The standard InChI is InChI=1S/C15H13FO/c1-10-3-6-14(13(7-10)9-17)12-5-4-11(2)15(16)8-12/h3-9H,1-2H3. The number of halogens is 1. The van der Waals surface area contributed by atoms with Crippen molar-refractivity contribution < 1.29 is 9.18 Å². The third kappa shape index (κ3) is 2.26. The molecule has 0 heterocycles. The van der Waals surface area contributed by atoms with E-state index in [1.807, 2.05) is 25.1 Å². The average Bonchev–Trinajstić information content (AvgIpc) is 2.32. The molecule has 17 heavy (non-hydrogen) atoms. The lowest BCUT2D eigenvalue weighted by atomic mass is 9.97. The Morgan fingerprint density at radius 2 is 1.82 bits per heavy atom. The van der Waals surface area contributed by atoms with E-state index in [1.54, 1.807) is 19.1 Å². The molecule has 0 bridgehead atoms. The maximum Gasteiger partial charge on any atom is 0.150 e. The molecule has 0 amide bonds. The van der Waals surface area contributed by atoms with Gasteiger partial charge in [0.1, 0.15) is 5.82 Å². The summed E-state index contributed by atoms with van der Waals surface area (Å²) in [5.74, 6) is -0.250. The summed E-state index contributed by atoms with van der Waals surface area (Å²) in [6, 6.07) is 10.6. The summed E-state index contributed by atoms with van der Waals surface area (Å²) in [6.45, 7) is 3.64. The predicted molar refractivity (Wildman–Crippen MR) is 66.7 cm³/mol. The zero-order valence-electron chi connectivity index (χ0n) is 9.83. The maximum absolute atomic E-state index is 13.5. The first-order valence-corrected chi connectivity index (χ1v) is 5.44. The Bertz CT molecular complexity index is 573. The highest BCUT2D eigenvalue weighted by Gasteiger charge is 2.06. The molecule has 1 nitrogen and oxygen atoms in total. The highest BCUT2D eigenvalue weighted by Crippen LogP contribution is 2.25. The highest BCUT2D eigenvalue weighted by molar-refractivity contribution is 5.87. The van der Waals surface area contributed by atoms with Crippen LogP contribution in [0.25, 0.3) is 11.1 Å². The van der Waals surface area contributed by atoms with Crippen LogP contribution in [0.5, 0.6) is 0 Å². The number of aldehydes is 1. The van der Waals surface area contributed by atoms with E-state index in [9.17, 15) is 9.18 Å². The molecule has 0 saturated carbocycles. The summed E-state index contributed by atoms with van der Waals surface area (Å²) >= 11 is 0. The van der Waals surface area contributed by atoms with Gasteiger partial charge in [-0.25, -0.2) is 4.39 Å². The molecule has 2 rings (SSSR count). The molecular formula is C15H13FO. The Morgan fingerprint density at radius 3 is 2.47 bits per heavy atom. The van der Waals surface area contributed by atoms with E-state index in [0.717, 1.165) is 23.0 Å². The van der Waals surface area contributed by atoms with Crippen molar-refractivity contribution in [3.63, 3.8) is 0 Å². The number of rotatable bonds is 2. The lowest BCUT2D eigenvalue weighted by molar-refractivity contribution is 0.112. The van der Waals surface area contributed by atoms with Crippen LogP contribution < -0.4 is 0 Å². The van der Waals surface area contributed by atoms with Crippen LogP contribution in [0.2, 0.25) is 0 Å². The van der Waals surface area contributed by atoms with Crippen molar-refractivity contribution in [3.05, 3.63) is 58.9 Å². The minimum atomic E-state index is -0.250. The summed E-state index contributed by atoms with van der Waals surface area (Å²) in [4.78, 5) is 11.0. The number of hydrogen-bond donors (Lipinski definition) is 0. The molecule has 0 aliphatic rings. The van der Waals surface area contributed by atoms with Crippen molar-refractivity contribution in [1.29, 1.82) is 0 Å². The summed E-state index contributed by atoms with van der Waals surface area (Å²) in [7, 11) is 0. The molecule has 0 aliphatic heterocycles. The van der Waals surface area contributed by atoms with E-state index < -0.39 is 0 Å². The molecule has 2 aromatic carbocycles. The zero-order chi connectivity index (χ0) is 12.4. The van der Waals surface area contributed by atoms with Crippen molar-refractivity contribution in [2.75, 3.05) is 0 Å². The fourth-order valence-corrected chi connectivity index (χ4v) is 1.80. The third-order valence-corrected chi connectivity index (χ3v) is 2.82. The van der Waals surface area contributed by atoms with E-state index >= 15 is 0 Å². The molecule has 0 spiro atoms. The smallest absolute Gasteiger partial charge is 0.150 e. The highest BCUT2D eigenvalue weighted by atomic mass is 19.1. The van der Waals surface area contributed by atoms with Crippen molar-refractivity contribution in [2.45, 2.75) is 13.8 Å². The van der Waals surface area contributed by atoms with Crippen LogP contribution in [0.3, 0.4) is 0 Å². The van der Waals surface area contributed by atoms with Gasteiger partial charge in [-0.2, -0.15) is 0 Å². The quantitative estimate of drug-likeness (QED) is 0.712. The first-order chi connectivity index (χ1) is 8.11. The number of aryl methyl sites for hydroxylation is 2. The molecule has 0 radical (unpaired) electrons. The van der Waals surface area contributed by atoms with Crippen LogP contribution >= 0.6 is 0 Å². The van der Waals surface area contributed by atoms with Gasteiger partial charge in [0.25, 0.3) is 0 Å². The Labute approximate surface area is 99.9 Å². The van der Waals surface area contributed by atoms with E-state index in [0.29, 0.717) is 11.1 Å². The summed E-state index contributed by atoms with van der Waals surface area (Å²) in [5.41, 5.74) is 3.71. The van der Waals surface area contributed by atoms with Gasteiger partial charge in [0.15, 0.2) is 6.29 Å². The SMILES string of the molecule is Cc1ccc(-c2ccc(C)c(F)c2)c(C=O)c1. The second kappa shape index (κ2) is 4.50. The molecule has 2 aromatic rings. The number of hydrogen-bond acceptors (Lipinski definition) is 1. The van der Waals surface area contributed by atoms with Crippen molar-refractivity contribution in [1.82, 2.24) is 0 Å². The largest absolute Gasteiger partial charge is 0.298 e. The van der Waals surface area contributed by atoms with Crippen LogP contribution in [0.1, 0.15) is 21.5 Å². The van der Waals surface area contributed by atoms with Crippen LogP contribution in [-0.2, 0) is 0 Å². The Kier molecular flexibility index (Phi) is 3.05. The summed E-state index contributed by atoms with van der Waals surface area (Å²) in [5, 5.41) is 0.